The van der Waals surface area contributed by atoms with E-state index < -0.39 is 28.5 Å². The molecule has 0 unspecified atom stereocenters. The van der Waals surface area contributed by atoms with Crippen LogP contribution in [0.5, 0.6) is 5.75 Å². The molecule has 0 saturated carbocycles. The van der Waals surface area contributed by atoms with Crippen molar-refractivity contribution in [2.45, 2.75) is 50.7 Å². The van der Waals surface area contributed by atoms with E-state index in [0.29, 0.717) is 22.8 Å². The SMILES string of the molecule is CC[C@@H](C(=O)NC(C)C)N(Cc1ccccc1Cl)C(=O)CN(c1ccc(OC)c(Cl)c1)S(=O)(=O)c1ccccc1. The molecule has 40 heavy (non-hydrogen) atoms. The van der Waals surface area contributed by atoms with Crippen LogP contribution in [0.3, 0.4) is 0 Å². The topological polar surface area (TPSA) is 96.0 Å². The first-order valence-corrected chi connectivity index (χ1v) is 14.9. The summed E-state index contributed by atoms with van der Waals surface area (Å²) >= 11 is 12.8. The Morgan fingerprint density at radius 3 is 2.17 bits per heavy atom. The molecule has 0 aromatic heterocycles. The largest absolute Gasteiger partial charge is 0.495 e. The van der Waals surface area contributed by atoms with E-state index in [0.717, 1.165) is 4.31 Å². The van der Waals surface area contributed by atoms with E-state index in [4.69, 9.17) is 27.9 Å². The van der Waals surface area contributed by atoms with Gasteiger partial charge in [-0.3, -0.25) is 13.9 Å². The molecular formula is C29H33Cl2N3O5S. The normalized spacial score (nSPS) is 12.1. The van der Waals surface area contributed by atoms with Crippen LogP contribution in [0.15, 0.2) is 77.7 Å². The molecule has 0 radical (unpaired) electrons. The Labute approximate surface area is 245 Å². The number of sulfonamides is 1. The molecule has 3 rings (SSSR count). The quantitative estimate of drug-likeness (QED) is 0.293. The molecule has 3 aromatic carbocycles. The Morgan fingerprint density at radius 2 is 1.60 bits per heavy atom. The van der Waals surface area contributed by atoms with Crippen molar-refractivity contribution in [3.63, 3.8) is 0 Å². The smallest absolute Gasteiger partial charge is 0.264 e. The molecule has 0 saturated heterocycles. The molecule has 3 aromatic rings. The monoisotopic (exact) mass is 605 g/mol. The van der Waals surface area contributed by atoms with Gasteiger partial charge < -0.3 is 15.0 Å². The molecule has 8 nitrogen and oxygen atoms in total. The van der Waals surface area contributed by atoms with E-state index in [1.54, 1.807) is 49.4 Å². The van der Waals surface area contributed by atoms with E-state index >= 15 is 0 Å². The molecule has 11 heteroatoms. The zero-order chi connectivity index (χ0) is 29.4. The van der Waals surface area contributed by atoms with Gasteiger partial charge in [-0.05, 0) is 62.2 Å². The van der Waals surface area contributed by atoms with E-state index in [1.165, 1.54) is 42.3 Å². The second-order valence-electron chi connectivity index (χ2n) is 9.34. The molecule has 0 aliphatic heterocycles. The van der Waals surface area contributed by atoms with Gasteiger partial charge in [-0.2, -0.15) is 0 Å². The number of halogens is 2. The van der Waals surface area contributed by atoms with Crippen LogP contribution in [0.2, 0.25) is 10.0 Å². The number of benzene rings is 3. The second-order valence-corrected chi connectivity index (χ2v) is 12.0. The van der Waals surface area contributed by atoms with Crippen molar-refractivity contribution >= 4 is 50.7 Å². The summed E-state index contributed by atoms with van der Waals surface area (Å²) in [6.45, 7) is 4.86. The molecule has 0 heterocycles. The minimum absolute atomic E-state index is 0.00279. The average Bonchev–Trinajstić information content (AvgIpc) is 2.92. The van der Waals surface area contributed by atoms with Crippen LogP contribution < -0.4 is 14.4 Å². The molecular weight excluding hydrogens is 573 g/mol. The van der Waals surface area contributed by atoms with Crippen LogP contribution in [0.1, 0.15) is 32.8 Å². The number of nitrogens with zero attached hydrogens (tertiary/aromatic N) is 2. The lowest BCUT2D eigenvalue weighted by atomic mass is 10.1. The van der Waals surface area contributed by atoms with Crippen LogP contribution in [-0.4, -0.2) is 50.9 Å². The van der Waals surface area contributed by atoms with Gasteiger partial charge in [0.05, 0.1) is 22.7 Å². The summed E-state index contributed by atoms with van der Waals surface area (Å²) in [4.78, 5) is 28.6. The molecule has 0 fully saturated rings. The van der Waals surface area contributed by atoms with E-state index in [2.05, 4.69) is 5.32 Å². The average molecular weight is 607 g/mol. The highest BCUT2D eigenvalue weighted by atomic mass is 35.5. The summed E-state index contributed by atoms with van der Waals surface area (Å²) in [5, 5.41) is 3.46. The number of hydrogen-bond donors (Lipinski definition) is 1. The Morgan fingerprint density at radius 1 is 0.950 bits per heavy atom. The fourth-order valence-electron chi connectivity index (χ4n) is 4.17. The number of carbonyl (C=O) groups excluding carboxylic acids is 2. The summed E-state index contributed by atoms with van der Waals surface area (Å²) in [7, 11) is -2.76. The fourth-order valence-corrected chi connectivity index (χ4v) is 6.04. The molecule has 1 N–H and O–H groups in total. The van der Waals surface area contributed by atoms with Crippen LogP contribution in [-0.2, 0) is 26.2 Å². The Bertz CT molecular complexity index is 1430. The third-order valence-electron chi connectivity index (χ3n) is 6.15. The van der Waals surface area contributed by atoms with Gasteiger partial charge in [0.15, 0.2) is 0 Å². The highest BCUT2D eigenvalue weighted by Gasteiger charge is 2.34. The van der Waals surface area contributed by atoms with Crippen LogP contribution in [0, 0.1) is 0 Å². The lowest BCUT2D eigenvalue weighted by Gasteiger charge is -2.33. The minimum atomic E-state index is -4.21. The first-order valence-electron chi connectivity index (χ1n) is 12.7. The maximum atomic E-state index is 14.1. The van der Waals surface area contributed by atoms with Crippen LogP contribution in [0.25, 0.3) is 0 Å². The van der Waals surface area contributed by atoms with Gasteiger partial charge in [0.1, 0.15) is 18.3 Å². The van der Waals surface area contributed by atoms with Crippen molar-refractivity contribution in [1.29, 1.82) is 0 Å². The van der Waals surface area contributed by atoms with Crippen molar-refractivity contribution in [2.24, 2.45) is 0 Å². The first-order chi connectivity index (χ1) is 19.0. The van der Waals surface area contributed by atoms with Gasteiger partial charge in [0.25, 0.3) is 10.0 Å². The number of nitrogens with one attached hydrogen (secondary N) is 1. The zero-order valence-electron chi connectivity index (χ0n) is 22.8. The third-order valence-corrected chi connectivity index (χ3v) is 8.60. The van der Waals surface area contributed by atoms with Gasteiger partial charge >= 0.3 is 0 Å². The van der Waals surface area contributed by atoms with E-state index in [9.17, 15) is 18.0 Å². The Kier molecular flexibility index (Phi) is 10.8. The molecule has 1 atom stereocenters. The van der Waals surface area contributed by atoms with Crippen molar-refractivity contribution < 1.29 is 22.7 Å². The second kappa shape index (κ2) is 13.9. The lowest BCUT2D eigenvalue weighted by molar-refractivity contribution is -0.140. The number of amides is 2. The van der Waals surface area contributed by atoms with Crippen molar-refractivity contribution in [2.75, 3.05) is 18.0 Å². The predicted molar refractivity (Wildman–Crippen MR) is 158 cm³/mol. The van der Waals surface area contributed by atoms with Gasteiger partial charge in [0.2, 0.25) is 11.8 Å². The predicted octanol–water partition coefficient (Wildman–Crippen LogP) is 5.53. The Balaban J connectivity index is 2.10. The number of anilines is 1. The summed E-state index contributed by atoms with van der Waals surface area (Å²) in [6.07, 6.45) is 0.300. The van der Waals surface area contributed by atoms with E-state index in [-0.39, 0.29) is 34.1 Å². The van der Waals surface area contributed by atoms with Gasteiger partial charge in [0, 0.05) is 17.6 Å². The van der Waals surface area contributed by atoms with Gasteiger partial charge in [-0.1, -0.05) is 66.5 Å². The lowest BCUT2D eigenvalue weighted by Crippen LogP contribution is -2.53. The van der Waals surface area contributed by atoms with Crippen molar-refractivity contribution in [3.8, 4) is 5.75 Å². The number of ether oxygens (including phenoxy) is 1. The Hall–Kier alpha value is -3.27. The van der Waals surface area contributed by atoms with Crippen molar-refractivity contribution in [3.05, 3.63) is 88.4 Å². The van der Waals surface area contributed by atoms with Crippen LogP contribution >= 0.6 is 23.2 Å². The minimum Gasteiger partial charge on any atom is -0.495 e. The standard InChI is InChI=1S/C29H33Cl2N3O5S/c1-5-26(29(36)32-20(2)3)33(18-21-11-9-10-14-24(21)30)28(35)19-34(22-15-16-27(39-4)25(31)17-22)40(37,38)23-12-7-6-8-13-23/h6-17,20,26H,5,18-19H2,1-4H3,(H,32,36)/t26-/m0/s1. The number of rotatable bonds is 12. The highest BCUT2D eigenvalue weighted by Crippen LogP contribution is 2.32. The number of hydrogen-bond acceptors (Lipinski definition) is 5. The molecule has 0 bridgehead atoms. The molecule has 0 aliphatic carbocycles. The maximum Gasteiger partial charge on any atom is 0.264 e. The first kappa shape index (κ1) is 31.3. The zero-order valence-corrected chi connectivity index (χ0v) is 25.1. The summed E-state index contributed by atoms with van der Waals surface area (Å²) in [5.41, 5.74) is 0.790. The summed E-state index contributed by atoms with van der Waals surface area (Å²) in [5.74, 6) is -0.578. The number of carbonyl (C=O) groups is 2. The molecule has 2 amide bonds. The van der Waals surface area contributed by atoms with Crippen LogP contribution in [0.4, 0.5) is 5.69 Å². The molecule has 214 valence electrons. The van der Waals surface area contributed by atoms with Gasteiger partial charge in [-0.25, -0.2) is 8.42 Å². The summed E-state index contributed by atoms with van der Waals surface area (Å²) in [6, 6.07) is 18.2. The highest BCUT2D eigenvalue weighted by molar-refractivity contribution is 7.92. The number of methoxy groups -OCH3 is 1. The fraction of sp³-hybridized carbons (Fsp3) is 0.310. The molecule has 0 spiro atoms. The summed E-state index contributed by atoms with van der Waals surface area (Å²) < 4.78 is 33.9. The van der Waals surface area contributed by atoms with Gasteiger partial charge in [-0.15, -0.1) is 0 Å². The maximum absolute atomic E-state index is 14.1. The molecule has 0 aliphatic rings. The third kappa shape index (κ3) is 7.47. The van der Waals surface area contributed by atoms with E-state index in [1.807, 2.05) is 13.8 Å². The van der Waals surface area contributed by atoms with Crippen molar-refractivity contribution in [1.82, 2.24) is 10.2 Å².